The van der Waals surface area contributed by atoms with E-state index in [4.69, 9.17) is 0 Å². The maximum absolute atomic E-state index is 13.3. The molecule has 6 nitrogen and oxygen atoms in total. The number of H-pyrrole nitrogens is 1. The third-order valence-corrected chi connectivity index (χ3v) is 8.03. The molecule has 1 heterocycles. The highest BCUT2D eigenvalue weighted by molar-refractivity contribution is 5.88. The van der Waals surface area contributed by atoms with Crippen molar-refractivity contribution < 1.29 is 14.7 Å². The van der Waals surface area contributed by atoms with Gasteiger partial charge < -0.3 is 10.4 Å². The quantitative estimate of drug-likeness (QED) is 0.703. The van der Waals surface area contributed by atoms with E-state index in [-0.39, 0.29) is 23.8 Å². The number of carboxylic acid groups (broad SMARTS) is 1. The second kappa shape index (κ2) is 6.69. The van der Waals surface area contributed by atoms with E-state index < -0.39 is 16.8 Å². The topological polar surface area (TPSA) is 95.1 Å². The summed E-state index contributed by atoms with van der Waals surface area (Å²) >= 11 is 0. The number of aliphatic carboxylic acids is 1. The Kier molecular flexibility index (Phi) is 4.31. The van der Waals surface area contributed by atoms with Crippen LogP contribution >= 0.6 is 0 Å². The third kappa shape index (κ3) is 2.96. The van der Waals surface area contributed by atoms with Crippen LogP contribution in [-0.2, 0) is 15.0 Å². The summed E-state index contributed by atoms with van der Waals surface area (Å²) in [4.78, 5) is 25.3. The standard InChI is InChI=1S/C24H29N3O3/c1-23(2,19-5-3-15(4-6-19)18-12-25-26-13-18)21(28)27-20-16-7-14-8-17(20)11-24(9-14,10-16)22(29)30/h3-6,12-14,16-17,20H,7-11H2,1-2H3,(H,25,26)(H,27,28)(H,29,30). The average molecular weight is 408 g/mol. The van der Waals surface area contributed by atoms with Crippen LogP contribution in [0, 0.1) is 23.2 Å². The molecule has 6 rings (SSSR count). The van der Waals surface area contributed by atoms with E-state index in [1.54, 1.807) is 6.20 Å². The Morgan fingerprint density at radius 1 is 1.10 bits per heavy atom. The van der Waals surface area contributed by atoms with E-state index >= 15 is 0 Å². The molecule has 0 aliphatic heterocycles. The molecular formula is C24H29N3O3. The number of rotatable bonds is 5. The van der Waals surface area contributed by atoms with Crippen molar-refractivity contribution in [1.29, 1.82) is 0 Å². The van der Waals surface area contributed by atoms with Crippen molar-refractivity contribution in [1.82, 2.24) is 15.5 Å². The van der Waals surface area contributed by atoms with Gasteiger partial charge in [0.1, 0.15) is 0 Å². The number of carbonyl (C=O) groups is 2. The van der Waals surface area contributed by atoms with Gasteiger partial charge >= 0.3 is 5.97 Å². The zero-order valence-electron chi connectivity index (χ0n) is 17.5. The molecule has 1 aromatic heterocycles. The van der Waals surface area contributed by atoms with Crippen molar-refractivity contribution in [3.63, 3.8) is 0 Å². The van der Waals surface area contributed by atoms with E-state index in [1.165, 1.54) is 0 Å². The number of hydrogen-bond acceptors (Lipinski definition) is 3. The second-order valence-corrected chi connectivity index (χ2v) is 10.2. The first kappa shape index (κ1) is 19.3. The lowest BCUT2D eigenvalue weighted by atomic mass is 9.48. The first-order valence-electron chi connectivity index (χ1n) is 10.9. The van der Waals surface area contributed by atoms with Crippen molar-refractivity contribution >= 4 is 11.9 Å². The summed E-state index contributed by atoms with van der Waals surface area (Å²) in [5.41, 5.74) is 1.84. The van der Waals surface area contributed by atoms with E-state index in [0.717, 1.165) is 36.0 Å². The number of carboxylic acids is 1. The zero-order valence-corrected chi connectivity index (χ0v) is 17.5. The lowest BCUT2D eigenvalue weighted by molar-refractivity contribution is -0.168. The average Bonchev–Trinajstić information content (AvgIpc) is 3.25. The Balaban J connectivity index is 1.32. The fourth-order valence-electron chi connectivity index (χ4n) is 6.47. The van der Waals surface area contributed by atoms with Crippen molar-refractivity contribution in [2.75, 3.05) is 0 Å². The molecule has 4 fully saturated rings. The highest BCUT2D eigenvalue weighted by Gasteiger charge is 2.59. The molecule has 2 unspecified atom stereocenters. The van der Waals surface area contributed by atoms with E-state index in [0.29, 0.717) is 18.8 Å². The molecule has 4 aliphatic rings. The van der Waals surface area contributed by atoms with Crippen LogP contribution < -0.4 is 5.32 Å². The molecule has 0 saturated heterocycles. The molecule has 1 amide bonds. The molecule has 30 heavy (non-hydrogen) atoms. The molecule has 2 aromatic rings. The molecule has 158 valence electrons. The normalized spacial score (nSPS) is 32.2. The summed E-state index contributed by atoms with van der Waals surface area (Å²) < 4.78 is 0. The maximum Gasteiger partial charge on any atom is 0.309 e. The van der Waals surface area contributed by atoms with Crippen LogP contribution in [0.2, 0.25) is 0 Å². The maximum atomic E-state index is 13.3. The van der Waals surface area contributed by atoms with Gasteiger partial charge in [0.15, 0.2) is 0 Å². The van der Waals surface area contributed by atoms with Gasteiger partial charge in [-0.2, -0.15) is 5.10 Å². The van der Waals surface area contributed by atoms with Gasteiger partial charge in [-0.1, -0.05) is 24.3 Å². The lowest BCUT2D eigenvalue weighted by Crippen LogP contribution is -2.62. The van der Waals surface area contributed by atoms with Crippen LogP contribution in [-0.4, -0.2) is 33.2 Å². The first-order valence-corrected chi connectivity index (χ1v) is 10.9. The molecule has 4 aliphatic carbocycles. The first-order chi connectivity index (χ1) is 14.3. The van der Waals surface area contributed by atoms with E-state index in [1.807, 2.05) is 44.3 Å². The summed E-state index contributed by atoms with van der Waals surface area (Å²) in [6.07, 6.45) is 7.98. The molecule has 6 heteroatoms. The van der Waals surface area contributed by atoms with Crippen molar-refractivity contribution in [2.45, 2.75) is 57.4 Å². The van der Waals surface area contributed by atoms with Gasteiger partial charge in [0.25, 0.3) is 0 Å². The number of nitrogens with one attached hydrogen (secondary N) is 2. The molecule has 1 aromatic carbocycles. The smallest absolute Gasteiger partial charge is 0.309 e. The second-order valence-electron chi connectivity index (χ2n) is 10.2. The molecule has 0 radical (unpaired) electrons. The van der Waals surface area contributed by atoms with Crippen LogP contribution in [0.3, 0.4) is 0 Å². The fraction of sp³-hybridized carbons (Fsp3) is 0.542. The van der Waals surface area contributed by atoms with Crippen LogP contribution in [0.25, 0.3) is 11.1 Å². The predicted molar refractivity (Wildman–Crippen MR) is 113 cm³/mol. The van der Waals surface area contributed by atoms with Gasteiger partial charge in [-0.3, -0.25) is 14.7 Å². The number of benzene rings is 1. The number of nitrogens with zero attached hydrogens (tertiary/aromatic N) is 1. The lowest BCUT2D eigenvalue weighted by Gasteiger charge is -2.58. The summed E-state index contributed by atoms with van der Waals surface area (Å²) in [5, 5.41) is 20.0. The van der Waals surface area contributed by atoms with Crippen molar-refractivity contribution in [2.24, 2.45) is 23.2 Å². The minimum atomic E-state index is -0.659. The minimum Gasteiger partial charge on any atom is -0.481 e. The Bertz CT molecular complexity index is 948. The van der Waals surface area contributed by atoms with Crippen LogP contribution in [0.5, 0.6) is 0 Å². The minimum absolute atomic E-state index is 0.0282. The Morgan fingerprint density at radius 3 is 2.33 bits per heavy atom. The summed E-state index contributed by atoms with van der Waals surface area (Å²) in [7, 11) is 0. The number of hydrogen-bond donors (Lipinski definition) is 3. The molecule has 3 N–H and O–H groups in total. The number of aromatic nitrogens is 2. The van der Waals surface area contributed by atoms with E-state index in [9.17, 15) is 14.7 Å². The van der Waals surface area contributed by atoms with Gasteiger partial charge in [0.05, 0.1) is 17.0 Å². The third-order valence-electron chi connectivity index (χ3n) is 8.03. The van der Waals surface area contributed by atoms with Gasteiger partial charge in [-0.05, 0) is 74.8 Å². The summed E-state index contributed by atoms with van der Waals surface area (Å²) in [5.74, 6) is 0.478. The Hall–Kier alpha value is -2.63. The zero-order chi connectivity index (χ0) is 21.1. The number of carbonyl (C=O) groups excluding carboxylic acids is 1. The summed E-state index contributed by atoms with van der Waals surface area (Å²) in [6.45, 7) is 3.92. The van der Waals surface area contributed by atoms with Gasteiger partial charge in [-0.15, -0.1) is 0 Å². The molecule has 2 atom stereocenters. The SMILES string of the molecule is CC(C)(C(=O)NC1C2CC3CC1CC(C(=O)O)(C3)C2)c1ccc(-c2cn[nH]c2)cc1. The molecule has 0 spiro atoms. The summed E-state index contributed by atoms with van der Waals surface area (Å²) in [6, 6.07) is 8.17. The Morgan fingerprint density at radius 2 is 1.77 bits per heavy atom. The predicted octanol–water partition coefficient (Wildman–Crippen LogP) is 3.75. The fourth-order valence-corrected chi connectivity index (χ4v) is 6.47. The van der Waals surface area contributed by atoms with Crippen molar-refractivity contribution in [3.05, 3.63) is 42.2 Å². The number of amides is 1. The molecular weight excluding hydrogens is 378 g/mol. The monoisotopic (exact) mass is 407 g/mol. The molecule has 4 bridgehead atoms. The Labute approximate surface area is 176 Å². The van der Waals surface area contributed by atoms with E-state index in [2.05, 4.69) is 15.5 Å². The largest absolute Gasteiger partial charge is 0.481 e. The highest BCUT2D eigenvalue weighted by Crippen LogP contribution is 2.60. The van der Waals surface area contributed by atoms with Gasteiger partial charge in [-0.25, -0.2) is 0 Å². The van der Waals surface area contributed by atoms with Crippen LogP contribution in [0.15, 0.2) is 36.7 Å². The van der Waals surface area contributed by atoms with Gasteiger partial charge in [0.2, 0.25) is 5.91 Å². The van der Waals surface area contributed by atoms with Crippen LogP contribution in [0.1, 0.15) is 51.5 Å². The molecule has 4 saturated carbocycles. The van der Waals surface area contributed by atoms with Gasteiger partial charge in [0, 0.05) is 17.8 Å². The highest BCUT2D eigenvalue weighted by atomic mass is 16.4. The number of aromatic amines is 1. The van der Waals surface area contributed by atoms with Crippen molar-refractivity contribution in [3.8, 4) is 11.1 Å². The van der Waals surface area contributed by atoms with Crippen LogP contribution in [0.4, 0.5) is 0 Å².